The monoisotopic (exact) mass is 281 g/mol. The molecule has 0 amide bonds. The van der Waals surface area contributed by atoms with Gasteiger partial charge in [0.2, 0.25) is 0 Å². The van der Waals surface area contributed by atoms with Gasteiger partial charge in [0.05, 0.1) is 31.6 Å². The number of nitrogens with zero attached hydrogens (tertiary/aromatic N) is 3. The molecule has 5 nitrogen and oxygen atoms in total. The van der Waals surface area contributed by atoms with E-state index in [2.05, 4.69) is 22.6 Å². The topological polar surface area (TPSA) is 47.4 Å². The van der Waals surface area contributed by atoms with Gasteiger partial charge in [0.25, 0.3) is 5.56 Å². The van der Waals surface area contributed by atoms with Crippen LogP contribution >= 0.6 is 12.6 Å². The van der Waals surface area contributed by atoms with Crippen molar-refractivity contribution in [3.63, 3.8) is 0 Å². The number of thiol groups is 1. The van der Waals surface area contributed by atoms with E-state index < -0.39 is 0 Å². The van der Waals surface area contributed by atoms with Crippen LogP contribution in [0.5, 0.6) is 0 Å². The van der Waals surface area contributed by atoms with Gasteiger partial charge < -0.3 is 9.64 Å². The Morgan fingerprint density at radius 1 is 1.37 bits per heavy atom. The Morgan fingerprint density at radius 3 is 2.68 bits per heavy atom. The van der Waals surface area contributed by atoms with E-state index in [1.807, 2.05) is 0 Å². The van der Waals surface area contributed by atoms with Crippen molar-refractivity contribution in [3.8, 4) is 0 Å². The fourth-order valence-corrected chi connectivity index (χ4v) is 2.81. The smallest absolute Gasteiger partial charge is 0.268 e. The van der Waals surface area contributed by atoms with Crippen LogP contribution in [0.3, 0.4) is 0 Å². The first-order valence-corrected chi connectivity index (χ1v) is 7.36. The molecule has 0 unspecified atom stereocenters. The molecule has 0 N–H and O–H groups in total. The molecule has 0 radical (unpaired) electrons. The number of anilines is 1. The molecule has 1 aliphatic heterocycles. The molecule has 1 aliphatic carbocycles. The second-order valence-corrected chi connectivity index (χ2v) is 5.78. The summed E-state index contributed by atoms with van der Waals surface area (Å²) in [6, 6.07) is 1.69. The van der Waals surface area contributed by atoms with Crippen molar-refractivity contribution in [1.82, 2.24) is 9.78 Å². The summed E-state index contributed by atoms with van der Waals surface area (Å²) in [6.07, 6.45) is 4.09. The van der Waals surface area contributed by atoms with Crippen molar-refractivity contribution in [2.45, 2.75) is 19.4 Å². The summed E-state index contributed by atoms with van der Waals surface area (Å²) in [7, 11) is 0. The van der Waals surface area contributed by atoms with Gasteiger partial charge in [-0.15, -0.1) is 0 Å². The van der Waals surface area contributed by atoms with Crippen molar-refractivity contribution in [3.05, 3.63) is 22.6 Å². The van der Waals surface area contributed by atoms with Crippen LogP contribution < -0.4 is 10.5 Å². The fraction of sp³-hybridized carbons (Fsp3) is 0.692. The van der Waals surface area contributed by atoms with Gasteiger partial charge in [0.15, 0.2) is 0 Å². The third-order valence-corrected chi connectivity index (χ3v) is 4.68. The minimum atomic E-state index is -0.0166. The second-order valence-electron chi connectivity index (χ2n) is 5.47. The molecule has 2 heterocycles. The maximum Gasteiger partial charge on any atom is 0.268 e. The van der Waals surface area contributed by atoms with E-state index in [1.165, 1.54) is 0 Å². The van der Waals surface area contributed by atoms with Crippen LogP contribution in [0.1, 0.15) is 12.8 Å². The van der Waals surface area contributed by atoms with Gasteiger partial charge in [-0.1, -0.05) is 0 Å². The van der Waals surface area contributed by atoms with E-state index in [0.29, 0.717) is 19.8 Å². The molecular weight excluding hydrogens is 262 g/mol. The first-order valence-electron chi connectivity index (χ1n) is 6.73. The van der Waals surface area contributed by atoms with Crippen LogP contribution in [-0.4, -0.2) is 41.8 Å². The van der Waals surface area contributed by atoms with E-state index in [9.17, 15) is 4.79 Å². The number of rotatable bonds is 4. The average molecular weight is 281 g/mol. The highest BCUT2D eigenvalue weighted by Crippen LogP contribution is 2.47. The predicted octanol–water partition coefficient (Wildman–Crippen LogP) is 0.790. The third kappa shape index (κ3) is 2.79. The minimum Gasteiger partial charge on any atom is -0.378 e. The SMILES string of the molecule is O=c1cc(N2CCOCC2)cnn1CC1(CS)CC1. The summed E-state index contributed by atoms with van der Waals surface area (Å²) in [5.41, 5.74) is 1.10. The predicted molar refractivity (Wildman–Crippen MR) is 77.0 cm³/mol. The number of morpholine rings is 1. The zero-order chi connectivity index (χ0) is 13.3. The molecule has 6 heteroatoms. The van der Waals surface area contributed by atoms with Gasteiger partial charge in [-0.3, -0.25) is 4.79 Å². The lowest BCUT2D eigenvalue weighted by Crippen LogP contribution is -2.37. The average Bonchev–Trinajstić information content (AvgIpc) is 3.22. The quantitative estimate of drug-likeness (QED) is 0.829. The lowest BCUT2D eigenvalue weighted by atomic mass is 10.1. The highest BCUT2D eigenvalue weighted by atomic mass is 32.1. The zero-order valence-corrected chi connectivity index (χ0v) is 11.8. The molecule has 1 aromatic heterocycles. The van der Waals surface area contributed by atoms with Crippen molar-refractivity contribution in [2.24, 2.45) is 5.41 Å². The van der Waals surface area contributed by atoms with Gasteiger partial charge in [-0.2, -0.15) is 17.7 Å². The number of hydrogen-bond acceptors (Lipinski definition) is 5. The van der Waals surface area contributed by atoms with Crippen LogP contribution in [0.2, 0.25) is 0 Å². The fourth-order valence-electron chi connectivity index (χ4n) is 2.40. The Hall–Kier alpha value is -1.01. The lowest BCUT2D eigenvalue weighted by Gasteiger charge is -2.28. The Kier molecular flexibility index (Phi) is 3.54. The second kappa shape index (κ2) is 5.17. The number of hydrogen-bond donors (Lipinski definition) is 1. The Morgan fingerprint density at radius 2 is 2.11 bits per heavy atom. The largest absolute Gasteiger partial charge is 0.378 e. The van der Waals surface area contributed by atoms with Crippen LogP contribution in [0.25, 0.3) is 0 Å². The molecule has 1 aromatic rings. The van der Waals surface area contributed by atoms with E-state index in [1.54, 1.807) is 16.9 Å². The van der Waals surface area contributed by atoms with Gasteiger partial charge in [-0.25, -0.2) is 4.68 Å². The highest BCUT2D eigenvalue weighted by Gasteiger charge is 2.42. The maximum absolute atomic E-state index is 12.1. The van der Waals surface area contributed by atoms with Crippen LogP contribution in [0, 0.1) is 5.41 Å². The van der Waals surface area contributed by atoms with Crippen molar-refractivity contribution in [2.75, 3.05) is 37.0 Å². The lowest BCUT2D eigenvalue weighted by molar-refractivity contribution is 0.122. The van der Waals surface area contributed by atoms with E-state index >= 15 is 0 Å². The number of ether oxygens (including phenoxy) is 1. The standard InChI is InChI=1S/C13H19N3O2S/c17-12-7-11(15-3-5-18-6-4-15)8-14-16(12)9-13(10-19)1-2-13/h7-8,19H,1-6,9-10H2. The summed E-state index contributed by atoms with van der Waals surface area (Å²) in [5.74, 6) is 0.826. The molecule has 1 saturated heterocycles. The van der Waals surface area contributed by atoms with Gasteiger partial charge in [0, 0.05) is 19.2 Å². The number of aromatic nitrogens is 2. The normalized spacial score (nSPS) is 21.4. The van der Waals surface area contributed by atoms with E-state index in [4.69, 9.17) is 4.74 Å². The molecule has 0 aromatic carbocycles. The summed E-state index contributed by atoms with van der Waals surface area (Å²) < 4.78 is 6.89. The molecule has 0 atom stereocenters. The molecule has 2 fully saturated rings. The Balaban J connectivity index is 1.76. The Bertz CT molecular complexity index is 507. The van der Waals surface area contributed by atoms with Crippen LogP contribution in [0.15, 0.2) is 17.1 Å². The molecule has 19 heavy (non-hydrogen) atoms. The highest BCUT2D eigenvalue weighted by molar-refractivity contribution is 7.80. The van der Waals surface area contributed by atoms with Crippen LogP contribution in [0.4, 0.5) is 5.69 Å². The van der Waals surface area contributed by atoms with Crippen molar-refractivity contribution < 1.29 is 4.74 Å². The summed E-state index contributed by atoms with van der Waals surface area (Å²) in [5, 5.41) is 4.31. The van der Waals surface area contributed by atoms with Crippen molar-refractivity contribution in [1.29, 1.82) is 0 Å². The molecule has 1 saturated carbocycles. The summed E-state index contributed by atoms with van der Waals surface area (Å²) in [4.78, 5) is 14.3. The summed E-state index contributed by atoms with van der Waals surface area (Å²) >= 11 is 4.37. The first kappa shape index (κ1) is 13.0. The minimum absolute atomic E-state index is 0.0166. The van der Waals surface area contributed by atoms with E-state index in [0.717, 1.165) is 37.4 Å². The molecule has 2 aliphatic rings. The molecule has 3 rings (SSSR count). The molecule has 104 valence electrons. The van der Waals surface area contributed by atoms with Gasteiger partial charge in [0.1, 0.15) is 0 Å². The van der Waals surface area contributed by atoms with Crippen LogP contribution in [-0.2, 0) is 11.3 Å². The van der Waals surface area contributed by atoms with Gasteiger partial charge in [-0.05, 0) is 24.0 Å². The van der Waals surface area contributed by atoms with E-state index in [-0.39, 0.29) is 11.0 Å². The van der Waals surface area contributed by atoms with Crippen molar-refractivity contribution >= 4 is 18.3 Å². The molecule has 0 spiro atoms. The molecule has 0 bridgehead atoms. The summed E-state index contributed by atoms with van der Waals surface area (Å²) in [6.45, 7) is 3.77. The first-order chi connectivity index (χ1) is 9.22. The Labute approximate surface area is 118 Å². The third-order valence-electron chi connectivity index (χ3n) is 4.01. The zero-order valence-electron chi connectivity index (χ0n) is 10.9. The molecular formula is C13H19N3O2S. The maximum atomic E-state index is 12.1. The van der Waals surface area contributed by atoms with Gasteiger partial charge >= 0.3 is 0 Å².